The summed E-state index contributed by atoms with van der Waals surface area (Å²) in [7, 11) is -4.55. The van der Waals surface area contributed by atoms with Crippen LogP contribution in [0.2, 0.25) is 26.2 Å². The van der Waals surface area contributed by atoms with Gasteiger partial charge in [-0.25, -0.2) is 0 Å². The summed E-state index contributed by atoms with van der Waals surface area (Å²) in [4.78, 5) is 0. The molecule has 0 aliphatic heterocycles. The maximum atomic E-state index is 7.24. The quantitative estimate of drug-likeness (QED) is 0.198. The highest BCUT2D eigenvalue weighted by Crippen LogP contribution is 2.51. The Balaban J connectivity index is 1.67. The fourth-order valence-electron chi connectivity index (χ4n) is 5.06. The molecule has 0 saturated carbocycles. The molecule has 5 rings (SSSR count). The third-order valence-corrected chi connectivity index (χ3v) is 13.1. The molecule has 1 aliphatic rings. The molecule has 0 aromatic heterocycles. The van der Waals surface area contributed by atoms with Crippen molar-refractivity contribution in [3.05, 3.63) is 117 Å². The monoisotopic (exact) mass is 636 g/mol. The first-order valence-electron chi connectivity index (χ1n) is 12.2. The van der Waals surface area contributed by atoms with Crippen molar-refractivity contribution in [1.29, 1.82) is 0 Å². The molecule has 0 spiro atoms. The summed E-state index contributed by atoms with van der Waals surface area (Å²) in [5.41, 5.74) is 4.78. The molecular weight excluding hydrogens is 608 g/mol. The van der Waals surface area contributed by atoms with Crippen molar-refractivity contribution < 1.29 is 8.85 Å². The first-order valence-corrected chi connectivity index (χ1v) is 19.6. The molecule has 4 aromatic rings. The second-order valence-corrected chi connectivity index (χ2v) is 19.8. The number of hydrogen-bond acceptors (Lipinski definition) is 2. The zero-order valence-corrected chi connectivity index (χ0v) is 26.1. The highest BCUT2D eigenvalue weighted by atomic mass is 79.9. The van der Waals surface area contributed by atoms with Crippen LogP contribution in [0.3, 0.4) is 0 Å². The van der Waals surface area contributed by atoms with Gasteiger partial charge in [-0.05, 0) is 83.1 Å². The number of fused-ring (bicyclic) bond motifs is 3. The molecule has 0 amide bonds. The van der Waals surface area contributed by atoms with E-state index in [2.05, 4.69) is 155 Å². The zero-order valence-electron chi connectivity index (χ0n) is 21.0. The standard InChI is InChI=1S/C30H30Br2O2Si2/c1-35(2,23-11-7-5-8-12-23)33-29-27-19-21(31)15-17-25(27)26-18-16-22(32)20-28(26)30(29)34-36(3,4)24-13-9-6-10-14-24/h5-20,29-30H,1-4H3. The van der Waals surface area contributed by atoms with Crippen molar-refractivity contribution in [3.63, 3.8) is 0 Å². The van der Waals surface area contributed by atoms with E-state index in [0.29, 0.717) is 0 Å². The van der Waals surface area contributed by atoms with Crippen LogP contribution in [0.4, 0.5) is 0 Å². The minimum absolute atomic E-state index is 0.225. The van der Waals surface area contributed by atoms with Crippen LogP contribution < -0.4 is 10.4 Å². The van der Waals surface area contributed by atoms with Crippen LogP contribution in [-0.4, -0.2) is 16.6 Å². The van der Waals surface area contributed by atoms with Gasteiger partial charge in [0.2, 0.25) is 16.6 Å². The summed E-state index contributed by atoms with van der Waals surface area (Å²) in [6, 6.07) is 34.4. The van der Waals surface area contributed by atoms with Gasteiger partial charge in [0, 0.05) is 8.95 Å². The average Bonchev–Trinajstić information content (AvgIpc) is 2.87. The van der Waals surface area contributed by atoms with Gasteiger partial charge in [-0.2, -0.15) is 0 Å². The SMILES string of the molecule is C[Si](C)(OC1c2cc(Br)ccc2-c2ccc(Br)cc2C1O[Si](C)(C)c1ccccc1)c1ccccc1. The molecule has 2 atom stereocenters. The molecule has 0 bridgehead atoms. The van der Waals surface area contributed by atoms with Crippen LogP contribution >= 0.6 is 31.9 Å². The van der Waals surface area contributed by atoms with E-state index in [4.69, 9.17) is 8.85 Å². The van der Waals surface area contributed by atoms with Gasteiger partial charge >= 0.3 is 0 Å². The summed E-state index contributed by atoms with van der Waals surface area (Å²) in [6.45, 7) is 9.14. The Bertz CT molecular complexity index is 1270. The molecule has 0 heterocycles. The van der Waals surface area contributed by atoms with E-state index in [1.165, 1.54) is 32.6 Å². The summed E-state index contributed by atoms with van der Waals surface area (Å²) in [5.74, 6) is 0. The van der Waals surface area contributed by atoms with Crippen molar-refractivity contribution >= 4 is 58.9 Å². The normalized spacial score (nSPS) is 17.4. The first-order chi connectivity index (χ1) is 17.2. The second-order valence-electron chi connectivity index (χ2n) is 10.3. The molecule has 36 heavy (non-hydrogen) atoms. The predicted octanol–water partition coefficient (Wildman–Crippen LogP) is 8.23. The lowest BCUT2D eigenvalue weighted by atomic mass is 9.82. The minimum Gasteiger partial charge on any atom is -0.403 e. The summed E-state index contributed by atoms with van der Waals surface area (Å²) < 4.78 is 16.6. The molecule has 0 fully saturated rings. The lowest BCUT2D eigenvalue weighted by molar-refractivity contribution is 0.0429. The Labute approximate surface area is 233 Å². The van der Waals surface area contributed by atoms with E-state index in [1.54, 1.807) is 0 Å². The van der Waals surface area contributed by atoms with Crippen molar-refractivity contribution in [2.24, 2.45) is 0 Å². The van der Waals surface area contributed by atoms with Crippen LogP contribution in [0.5, 0.6) is 0 Å². The summed E-state index contributed by atoms with van der Waals surface area (Å²) in [6.07, 6.45) is -0.451. The fourth-order valence-corrected chi connectivity index (χ4v) is 9.85. The van der Waals surface area contributed by atoms with Crippen molar-refractivity contribution in [3.8, 4) is 11.1 Å². The smallest absolute Gasteiger partial charge is 0.219 e. The lowest BCUT2D eigenvalue weighted by Gasteiger charge is -2.42. The molecule has 2 nitrogen and oxygen atoms in total. The third-order valence-electron chi connectivity index (χ3n) is 6.99. The van der Waals surface area contributed by atoms with Crippen LogP contribution in [0.1, 0.15) is 23.3 Å². The van der Waals surface area contributed by atoms with Crippen LogP contribution in [0.25, 0.3) is 11.1 Å². The van der Waals surface area contributed by atoms with E-state index in [1.807, 2.05) is 0 Å². The molecule has 2 unspecified atom stereocenters. The van der Waals surface area contributed by atoms with Gasteiger partial charge in [-0.1, -0.05) is 105 Å². The minimum atomic E-state index is -2.28. The molecule has 4 aromatic carbocycles. The van der Waals surface area contributed by atoms with Crippen molar-refractivity contribution in [2.45, 2.75) is 38.4 Å². The van der Waals surface area contributed by atoms with E-state index in [0.717, 1.165) is 8.95 Å². The van der Waals surface area contributed by atoms with Gasteiger partial charge in [0.05, 0.1) is 0 Å². The Morgan fingerprint density at radius 2 is 0.889 bits per heavy atom. The highest BCUT2D eigenvalue weighted by molar-refractivity contribution is 9.10. The van der Waals surface area contributed by atoms with E-state index < -0.39 is 16.6 Å². The second kappa shape index (κ2) is 10.2. The average molecular weight is 639 g/mol. The third kappa shape index (κ3) is 5.12. The Kier molecular flexibility index (Phi) is 7.29. The van der Waals surface area contributed by atoms with Gasteiger partial charge in [-0.3, -0.25) is 0 Å². The molecule has 6 heteroatoms. The van der Waals surface area contributed by atoms with Crippen LogP contribution in [0, 0.1) is 0 Å². The molecule has 0 N–H and O–H groups in total. The number of halogens is 2. The zero-order chi connectivity index (χ0) is 25.5. The number of rotatable bonds is 6. The predicted molar refractivity (Wildman–Crippen MR) is 162 cm³/mol. The molecule has 1 aliphatic carbocycles. The summed E-state index contributed by atoms with van der Waals surface area (Å²) in [5, 5.41) is 2.56. The van der Waals surface area contributed by atoms with E-state index in [-0.39, 0.29) is 12.2 Å². The van der Waals surface area contributed by atoms with E-state index in [9.17, 15) is 0 Å². The topological polar surface area (TPSA) is 18.5 Å². The molecule has 184 valence electrons. The van der Waals surface area contributed by atoms with Gasteiger partial charge in [0.15, 0.2) is 0 Å². The van der Waals surface area contributed by atoms with E-state index >= 15 is 0 Å². The van der Waals surface area contributed by atoms with Gasteiger partial charge in [-0.15, -0.1) is 0 Å². The molecular formula is C30H30Br2O2Si2. The molecule has 0 saturated heterocycles. The maximum Gasteiger partial charge on any atom is 0.219 e. The highest BCUT2D eigenvalue weighted by Gasteiger charge is 2.43. The van der Waals surface area contributed by atoms with Crippen molar-refractivity contribution in [1.82, 2.24) is 0 Å². The number of benzene rings is 4. The first kappa shape index (κ1) is 25.8. The van der Waals surface area contributed by atoms with Crippen LogP contribution in [-0.2, 0) is 8.85 Å². The summed E-state index contributed by atoms with van der Waals surface area (Å²) >= 11 is 7.46. The maximum absolute atomic E-state index is 7.24. The van der Waals surface area contributed by atoms with Gasteiger partial charge in [0.25, 0.3) is 0 Å². The van der Waals surface area contributed by atoms with Crippen LogP contribution in [0.15, 0.2) is 106 Å². The Morgan fingerprint density at radius 1 is 0.528 bits per heavy atom. The largest absolute Gasteiger partial charge is 0.403 e. The lowest BCUT2D eigenvalue weighted by Crippen LogP contribution is -2.50. The molecule has 0 radical (unpaired) electrons. The van der Waals surface area contributed by atoms with Gasteiger partial charge in [0.1, 0.15) is 12.2 Å². The van der Waals surface area contributed by atoms with Gasteiger partial charge < -0.3 is 8.85 Å². The van der Waals surface area contributed by atoms with Crippen molar-refractivity contribution in [2.75, 3.05) is 0 Å². The Hall–Kier alpha value is -1.81. The fraction of sp³-hybridized carbons (Fsp3) is 0.200. The number of hydrogen-bond donors (Lipinski definition) is 0. The Morgan fingerprint density at radius 3 is 1.25 bits per heavy atom.